The predicted molar refractivity (Wildman–Crippen MR) is 119 cm³/mol. The molecular formula is C24H23BN3O+. The largest absolute Gasteiger partial charge is 0.447 e. The average Bonchev–Trinajstić information content (AvgIpc) is 3.18. The Balaban J connectivity index is 1.62. The number of anilines is 1. The van der Waals surface area contributed by atoms with Crippen LogP contribution in [0, 0.1) is 13.7 Å². The Labute approximate surface area is 179 Å². The van der Waals surface area contributed by atoms with Gasteiger partial charge >= 0.3 is 6.85 Å². The molecule has 1 aliphatic heterocycles. The van der Waals surface area contributed by atoms with Gasteiger partial charge in [-0.3, -0.25) is 4.81 Å². The highest BCUT2D eigenvalue weighted by atomic mass is 16.3. The zero-order valence-corrected chi connectivity index (χ0v) is 16.2. The Morgan fingerprint density at radius 1 is 1.14 bits per heavy atom. The van der Waals surface area contributed by atoms with Gasteiger partial charge in [0, 0.05) is 30.9 Å². The molecule has 5 rings (SSSR count). The lowest BCUT2D eigenvalue weighted by molar-refractivity contribution is -0.658. The molecule has 0 unspecified atom stereocenters. The monoisotopic (exact) mass is 386 g/mol. The molecule has 4 nitrogen and oxygen atoms in total. The van der Waals surface area contributed by atoms with E-state index in [1.165, 1.54) is 6.07 Å². The van der Waals surface area contributed by atoms with Gasteiger partial charge < -0.3 is 4.42 Å². The molecule has 142 valence electrons. The number of hydrogen-bond donors (Lipinski definition) is 0. The van der Waals surface area contributed by atoms with E-state index in [0.717, 1.165) is 22.3 Å². The Bertz CT molecular complexity index is 1460. The van der Waals surface area contributed by atoms with Crippen molar-refractivity contribution in [1.29, 1.82) is 0 Å². The molecule has 5 heteroatoms. The standard InChI is InChI=1S/C24H23BN3O/c1-16-15-27(4)22(14-21(16)18-8-6-5-7-9-18)28-13-12-19-20-11-10-17(2)26-24(20)29-23(19)25(28)3/h5-15H,1-4H3/q+1/i1D3,2D3. The molecule has 0 radical (unpaired) electrons. The van der Waals surface area contributed by atoms with Crippen LogP contribution in [0.4, 0.5) is 5.82 Å². The van der Waals surface area contributed by atoms with E-state index in [1.54, 1.807) is 16.8 Å². The minimum absolute atomic E-state index is 0.0104. The van der Waals surface area contributed by atoms with Crippen LogP contribution >= 0.6 is 0 Å². The fourth-order valence-corrected chi connectivity index (χ4v) is 3.93. The fraction of sp³-hybridized carbons (Fsp3) is 0.167. The summed E-state index contributed by atoms with van der Waals surface area (Å²) in [5.74, 6) is 0.780. The van der Waals surface area contributed by atoms with E-state index in [-0.39, 0.29) is 23.8 Å². The summed E-state index contributed by atoms with van der Waals surface area (Å²) in [7, 11) is 1.82. The third-order valence-electron chi connectivity index (χ3n) is 5.42. The quantitative estimate of drug-likeness (QED) is 0.381. The van der Waals surface area contributed by atoms with Gasteiger partial charge in [0.05, 0.1) is 19.4 Å². The SMILES string of the molecule is [2H]C([2H])([2H])c1ccc2c3c(oc2n1)B(C)N(c1cc(-c2ccccc2)c(C([2H])([2H])[2H])c[n+]1C)C=C3. The first kappa shape index (κ1) is 12.3. The van der Waals surface area contributed by atoms with E-state index >= 15 is 0 Å². The third kappa shape index (κ3) is 2.85. The van der Waals surface area contributed by atoms with Crippen molar-refractivity contribution in [3.05, 3.63) is 77.7 Å². The summed E-state index contributed by atoms with van der Waals surface area (Å²) in [6, 6.07) is 14.6. The van der Waals surface area contributed by atoms with Gasteiger partial charge in [-0.1, -0.05) is 30.3 Å². The molecule has 1 aliphatic rings. The number of fused-ring (bicyclic) bond motifs is 3. The highest BCUT2D eigenvalue weighted by molar-refractivity contribution is 6.76. The number of benzene rings is 1. The van der Waals surface area contributed by atoms with Crippen molar-refractivity contribution in [1.82, 2.24) is 4.98 Å². The molecule has 0 bridgehead atoms. The van der Waals surface area contributed by atoms with Gasteiger partial charge in [0.15, 0.2) is 0 Å². The molecule has 1 aromatic carbocycles. The Morgan fingerprint density at radius 3 is 2.79 bits per heavy atom. The highest BCUT2D eigenvalue weighted by Crippen LogP contribution is 2.29. The Kier molecular flexibility index (Phi) is 2.80. The number of furan rings is 1. The zero-order valence-electron chi connectivity index (χ0n) is 22.2. The molecule has 0 fully saturated rings. The zero-order chi connectivity index (χ0) is 25.1. The molecule has 0 saturated carbocycles. The van der Waals surface area contributed by atoms with Crippen LogP contribution in [0.2, 0.25) is 6.82 Å². The van der Waals surface area contributed by atoms with Crippen LogP contribution in [0.15, 0.2) is 65.3 Å². The molecule has 29 heavy (non-hydrogen) atoms. The van der Waals surface area contributed by atoms with Gasteiger partial charge in [-0.2, -0.15) is 0 Å². The van der Waals surface area contributed by atoms with Crippen LogP contribution in [-0.2, 0) is 7.05 Å². The first-order valence-electron chi connectivity index (χ1n) is 12.4. The normalized spacial score (nSPS) is 17.2. The number of rotatable bonds is 2. The summed E-state index contributed by atoms with van der Waals surface area (Å²) in [6.07, 6.45) is 5.50. The van der Waals surface area contributed by atoms with Gasteiger partial charge in [-0.15, -0.1) is 0 Å². The van der Waals surface area contributed by atoms with E-state index in [1.807, 2.05) is 67.4 Å². The van der Waals surface area contributed by atoms with Gasteiger partial charge in [0.1, 0.15) is 5.66 Å². The van der Waals surface area contributed by atoms with E-state index < -0.39 is 13.7 Å². The number of aromatic nitrogens is 2. The van der Waals surface area contributed by atoms with E-state index in [0.29, 0.717) is 11.2 Å². The molecule has 0 saturated heterocycles. The molecule has 0 aliphatic carbocycles. The van der Waals surface area contributed by atoms with Gasteiger partial charge in [0.2, 0.25) is 5.71 Å². The van der Waals surface area contributed by atoms with Crippen molar-refractivity contribution in [2.75, 3.05) is 4.81 Å². The highest BCUT2D eigenvalue weighted by Gasteiger charge is 2.38. The predicted octanol–water partition coefficient (Wildman–Crippen LogP) is 4.26. The number of pyridine rings is 2. The van der Waals surface area contributed by atoms with Crippen LogP contribution in [0.1, 0.15) is 25.0 Å². The topological polar surface area (TPSA) is 33.2 Å². The average molecular weight is 386 g/mol. The maximum atomic E-state index is 8.06. The molecule has 0 amide bonds. The molecule has 0 spiro atoms. The van der Waals surface area contributed by atoms with E-state index in [2.05, 4.69) is 4.98 Å². The van der Waals surface area contributed by atoms with Crippen LogP contribution in [-0.4, -0.2) is 11.8 Å². The van der Waals surface area contributed by atoms with Crippen LogP contribution in [0.3, 0.4) is 0 Å². The summed E-state index contributed by atoms with van der Waals surface area (Å²) >= 11 is 0. The minimum Gasteiger partial charge on any atom is -0.447 e. The van der Waals surface area contributed by atoms with E-state index in [4.69, 9.17) is 12.6 Å². The number of nitrogens with zero attached hydrogens (tertiary/aromatic N) is 3. The van der Waals surface area contributed by atoms with Crippen molar-refractivity contribution < 1.29 is 17.2 Å². The van der Waals surface area contributed by atoms with Crippen molar-refractivity contribution in [3.63, 3.8) is 0 Å². The van der Waals surface area contributed by atoms with Crippen LogP contribution in [0.25, 0.3) is 28.3 Å². The summed E-state index contributed by atoms with van der Waals surface area (Å²) in [5.41, 5.74) is 3.53. The summed E-state index contributed by atoms with van der Waals surface area (Å²) in [4.78, 5) is 6.25. The Hall–Kier alpha value is -3.34. The Morgan fingerprint density at radius 2 is 2.00 bits per heavy atom. The lowest BCUT2D eigenvalue weighted by atomic mass is 9.58. The first-order chi connectivity index (χ1) is 16.4. The van der Waals surface area contributed by atoms with Gasteiger partial charge in [-0.05, 0) is 55.4 Å². The lowest BCUT2D eigenvalue weighted by Gasteiger charge is -2.22. The molecule has 4 aromatic rings. The van der Waals surface area contributed by atoms with Crippen LogP contribution in [0.5, 0.6) is 0 Å². The number of hydrogen-bond acceptors (Lipinski definition) is 3. The van der Waals surface area contributed by atoms with Crippen LogP contribution < -0.4 is 15.0 Å². The first-order valence-corrected chi connectivity index (χ1v) is 9.45. The smallest absolute Gasteiger partial charge is 0.447 e. The minimum atomic E-state index is -2.32. The van der Waals surface area contributed by atoms with Gasteiger partial charge in [0.25, 0.3) is 5.82 Å². The molecular weight excluding hydrogens is 357 g/mol. The molecule has 3 aromatic heterocycles. The maximum absolute atomic E-state index is 8.06. The van der Waals surface area contributed by atoms with Crippen molar-refractivity contribution in [2.24, 2.45) is 7.05 Å². The summed E-state index contributed by atoms with van der Waals surface area (Å²) in [5, 5.41) is 0.753. The van der Waals surface area contributed by atoms with Gasteiger partial charge in [-0.25, -0.2) is 9.55 Å². The second kappa shape index (κ2) is 6.62. The second-order valence-electron chi connectivity index (χ2n) is 7.26. The maximum Gasteiger partial charge on any atom is 0.447 e. The van der Waals surface area contributed by atoms with E-state index in [9.17, 15) is 0 Å². The second-order valence-corrected chi connectivity index (χ2v) is 7.26. The van der Waals surface area contributed by atoms with Crippen molar-refractivity contribution in [2.45, 2.75) is 20.5 Å². The lowest BCUT2D eigenvalue weighted by Crippen LogP contribution is -2.50. The molecule has 4 heterocycles. The fourth-order valence-electron chi connectivity index (χ4n) is 3.93. The van der Waals surface area contributed by atoms with Crippen molar-refractivity contribution in [3.8, 4) is 11.1 Å². The molecule has 0 N–H and O–H groups in total. The number of aryl methyl sites for hydroxylation is 3. The summed E-state index contributed by atoms with van der Waals surface area (Å²) in [6.45, 7) is -2.85. The summed E-state index contributed by atoms with van der Waals surface area (Å²) < 4.78 is 55.0. The van der Waals surface area contributed by atoms with Crippen molar-refractivity contribution >= 4 is 35.5 Å². The molecule has 0 atom stereocenters. The third-order valence-corrected chi connectivity index (χ3v) is 5.42.